The molecule has 1 saturated carbocycles. The van der Waals surface area contributed by atoms with E-state index in [0.717, 1.165) is 5.92 Å². The van der Waals surface area contributed by atoms with Crippen LogP contribution < -0.4 is 0 Å². The topological polar surface area (TPSA) is 0 Å². The molecule has 0 N–H and O–H groups in total. The number of rotatable bonds is 0. The van der Waals surface area contributed by atoms with Crippen LogP contribution in [0.2, 0.25) is 0 Å². The van der Waals surface area contributed by atoms with E-state index in [1.54, 1.807) is 0 Å². The average Bonchev–Trinajstić information content (AvgIpc) is 2.42. The highest BCUT2D eigenvalue weighted by Crippen LogP contribution is 2.58. The molecule has 1 fully saturated rings. The van der Waals surface area contributed by atoms with Crippen LogP contribution in [0.5, 0.6) is 0 Å². The zero-order valence-electron chi connectivity index (χ0n) is 7.85. The van der Waals surface area contributed by atoms with Gasteiger partial charge < -0.3 is 0 Å². The molecule has 0 spiro atoms. The van der Waals surface area contributed by atoms with Crippen LogP contribution in [0, 0.1) is 16.7 Å². The molecule has 0 amide bonds. The first kappa shape index (κ1) is 7.39. The summed E-state index contributed by atoms with van der Waals surface area (Å²) in [6.45, 7) is 7.14. The van der Waals surface area contributed by atoms with E-state index in [-0.39, 0.29) is 0 Å². The van der Waals surface area contributed by atoms with E-state index in [9.17, 15) is 0 Å². The maximum atomic E-state index is 2.49. The molecule has 2 atom stereocenters. The summed E-state index contributed by atoms with van der Waals surface area (Å²) in [4.78, 5) is 0. The monoisotopic (exact) mass is 150 g/mol. The van der Waals surface area contributed by atoms with Gasteiger partial charge in [-0.3, -0.25) is 0 Å². The maximum absolute atomic E-state index is 2.49. The lowest BCUT2D eigenvalue weighted by atomic mass is 9.66. The lowest BCUT2D eigenvalue weighted by Gasteiger charge is -2.38. The zero-order chi connectivity index (χ0) is 8.11. The summed E-state index contributed by atoms with van der Waals surface area (Å²) in [5, 5.41) is 0. The van der Waals surface area contributed by atoms with Crippen LogP contribution in [-0.2, 0) is 0 Å². The molecule has 0 nitrogen and oxygen atoms in total. The molecular weight excluding hydrogens is 132 g/mol. The Morgan fingerprint density at radius 3 is 2.27 bits per heavy atom. The normalized spacial score (nSPS) is 41.9. The van der Waals surface area contributed by atoms with Crippen molar-refractivity contribution in [2.24, 2.45) is 16.7 Å². The fraction of sp³-hybridized carbons (Fsp3) is 0.818. The fourth-order valence-electron chi connectivity index (χ4n) is 2.68. The van der Waals surface area contributed by atoms with Crippen LogP contribution in [-0.4, -0.2) is 0 Å². The Morgan fingerprint density at radius 2 is 2.09 bits per heavy atom. The first-order valence-electron chi connectivity index (χ1n) is 4.73. The van der Waals surface area contributed by atoms with Crippen molar-refractivity contribution in [3.8, 4) is 0 Å². The smallest absolute Gasteiger partial charge is 0.00638 e. The minimum absolute atomic E-state index is 0.481. The van der Waals surface area contributed by atoms with Crippen LogP contribution in [0.25, 0.3) is 0 Å². The molecule has 0 saturated heterocycles. The molecule has 0 radical (unpaired) electrons. The van der Waals surface area contributed by atoms with E-state index in [2.05, 4.69) is 32.9 Å². The zero-order valence-corrected chi connectivity index (χ0v) is 7.85. The quantitative estimate of drug-likeness (QED) is 0.464. The van der Waals surface area contributed by atoms with E-state index in [1.807, 2.05) is 0 Å². The molecule has 2 aliphatic rings. The Bertz CT molecular complexity index is 195. The largest absolute Gasteiger partial charge is 0.0848 e. The van der Waals surface area contributed by atoms with Crippen molar-refractivity contribution in [2.75, 3.05) is 0 Å². The van der Waals surface area contributed by atoms with Gasteiger partial charge in [-0.2, -0.15) is 0 Å². The molecule has 0 aromatic carbocycles. The van der Waals surface area contributed by atoms with Crippen LogP contribution in [0.1, 0.15) is 40.0 Å². The molecule has 2 bridgehead atoms. The number of hydrogen-bond donors (Lipinski definition) is 0. The Balaban J connectivity index is 2.31. The highest BCUT2D eigenvalue weighted by Gasteiger charge is 2.47. The maximum Gasteiger partial charge on any atom is -0.00638 e. The molecule has 2 unspecified atom stereocenters. The van der Waals surface area contributed by atoms with Gasteiger partial charge in [0.25, 0.3) is 0 Å². The minimum atomic E-state index is 0.481. The number of hydrogen-bond acceptors (Lipinski definition) is 0. The van der Waals surface area contributed by atoms with E-state index < -0.39 is 0 Å². The molecule has 0 heterocycles. The van der Waals surface area contributed by atoms with Crippen molar-refractivity contribution < 1.29 is 0 Å². The molecule has 11 heavy (non-hydrogen) atoms. The third-order valence-electron chi connectivity index (χ3n) is 3.77. The fourth-order valence-corrected chi connectivity index (χ4v) is 2.68. The third-order valence-corrected chi connectivity index (χ3v) is 3.77. The van der Waals surface area contributed by atoms with E-state index in [1.165, 1.54) is 19.3 Å². The van der Waals surface area contributed by atoms with Crippen molar-refractivity contribution in [1.29, 1.82) is 0 Å². The average molecular weight is 150 g/mol. The van der Waals surface area contributed by atoms with Gasteiger partial charge >= 0.3 is 0 Å². The van der Waals surface area contributed by atoms with Crippen LogP contribution in [0.4, 0.5) is 0 Å². The lowest BCUT2D eigenvalue weighted by molar-refractivity contribution is 0.157. The predicted octanol–water partition coefficient (Wildman–Crippen LogP) is 3.39. The van der Waals surface area contributed by atoms with Gasteiger partial charge in [-0.15, -0.1) is 0 Å². The van der Waals surface area contributed by atoms with Crippen LogP contribution >= 0.6 is 0 Å². The highest BCUT2D eigenvalue weighted by molar-refractivity contribution is 5.19. The van der Waals surface area contributed by atoms with Crippen molar-refractivity contribution in [2.45, 2.75) is 40.0 Å². The van der Waals surface area contributed by atoms with Gasteiger partial charge in [-0.25, -0.2) is 0 Å². The molecule has 0 aromatic rings. The SMILES string of the molecule is CC(C)(C)C12C=CC(CC1)C2. The summed E-state index contributed by atoms with van der Waals surface area (Å²) in [5.41, 5.74) is 1.05. The molecule has 0 heteroatoms. The Hall–Kier alpha value is -0.260. The van der Waals surface area contributed by atoms with Gasteiger partial charge in [0.15, 0.2) is 0 Å². The number of allylic oxidation sites excluding steroid dienone is 2. The van der Waals surface area contributed by atoms with Gasteiger partial charge in [-0.1, -0.05) is 32.9 Å². The Labute approximate surface area is 69.7 Å². The summed E-state index contributed by atoms with van der Waals surface area (Å²) < 4.78 is 0. The standard InChI is InChI=1S/C11H18/c1-10(2,3)11-6-4-9(8-11)5-7-11/h4,6,9H,5,7-8H2,1-3H3. The van der Waals surface area contributed by atoms with Crippen molar-refractivity contribution in [3.05, 3.63) is 12.2 Å². The second-order valence-electron chi connectivity index (χ2n) is 5.27. The second kappa shape index (κ2) is 1.91. The van der Waals surface area contributed by atoms with E-state index >= 15 is 0 Å². The molecule has 0 aromatic heterocycles. The van der Waals surface area contributed by atoms with E-state index in [4.69, 9.17) is 0 Å². The predicted molar refractivity (Wildman–Crippen MR) is 48.4 cm³/mol. The third kappa shape index (κ3) is 0.881. The van der Waals surface area contributed by atoms with Gasteiger partial charge in [0.05, 0.1) is 0 Å². The summed E-state index contributed by atoms with van der Waals surface area (Å²) >= 11 is 0. The van der Waals surface area contributed by atoms with Crippen molar-refractivity contribution >= 4 is 0 Å². The van der Waals surface area contributed by atoms with Crippen molar-refractivity contribution in [3.63, 3.8) is 0 Å². The van der Waals surface area contributed by atoms with Gasteiger partial charge in [0, 0.05) is 0 Å². The van der Waals surface area contributed by atoms with Crippen LogP contribution in [0.15, 0.2) is 12.2 Å². The van der Waals surface area contributed by atoms with Gasteiger partial charge in [-0.05, 0) is 36.0 Å². The number of fused-ring (bicyclic) bond motifs is 2. The Morgan fingerprint density at radius 1 is 1.36 bits per heavy atom. The van der Waals surface area contributed by atoms with Gasteiger partial charge in [0.2, 0.25) is 0 Å². The minimum Gasteiger partial charge on any atom is -0.0848 e. The molecule has 2 rings (SSSR count). The summed E-state index contributed by atoms with van der Waals surface area (Å²) in [6.07, 6.45) is 9.22. The molecule has 62 valence electrons. The lowest BCUT2D eigenvalue weighted by Crippen LogP contribution is -2.29. The second-order valence-corrected chi connectivity index (χ2v) is 5.27. The van der Waals surface area contributed by atoms with Crippen LogP contribution in [0.3, 0.4) is 0 Å². The molecule has 0 aliphatic heterocycles. The first-order valence-corrected chi connectivity index (χ1v) is 4.73. The molecular formula is C11H18. The van der Waals surface area contributed by atoms with Crippen molar-refractivity contribution in [1.82, 2.24) is 0 Å². The van der Waals surface area contributed by atoms with E-state index in [0.29, 0.717) is 10.8 Å². The highest BCUT2D eigenvalue weighted by atomic mass is 14.5. The molecule has 2 aliphatic carbocycles. The Kier molecular flexibility index (Phi) is 1.28. The summed E-state index contributed by atoms with van der Waals surface area (Å²) in [6, 6.07) is 0. The first-order chi connectivity index (χ1) is 5.04. The summed E-state index contributed by atoms with van der Waals surface area (Å²) in [7, 11) is 0. The summed E-state index contributed by atoms with van der Waals surface area (Å²) in [5.74, 6) is 0.925. The van der Waals surface area contributed by atoms with Gasteiger partial charge in [0.1, 0.15) is 0 Å².